The zero-order valence-corrected chi connectivity index (χ0v) is 11.0. The molecule has 0 bridgehead atoms. The van der Waals surface area contributed by atoms with E-state index >= 15 is 0 Å². The van der Waals surface area contributed by atoms with E-state index in [0.29, 0.717) is 24.3 Å². The van der Waals surface area contributed by atoms with Crippen molar-refractivity contribution in [3.05, 3.63) is 29.3 Å². The predicted molar refractivity (Wildman–Crippen MR) is 69.3 cm³/mol. The van der Waals surface area contributed by atoms with Crippen LogP contribution in [-0.2, 0) is 4.79 Å². The Kier molecular flexibility index (Phi) is 5.37. The Morgan fingerprint density at radius 3 is 2.79 bits per heavy atom. The summed E-state index contributed by atoms with van der Waals surface area (Å²) in [5.41, 5.74) is 1.36. The van der Waals surface area contributed by atoms with Gasteiger partial charge in [0.2, 0.25) is 0 Å². The third kappa shape index (κ3) is 4.33. The van der Waals surface area contributed by atoms with Gasteiger partial charge in [-0.1, -0.05) is 6.07 Å². The fraction of sp³-hybridized carbons (Fsp3) is 0.357. The second-order valence-corrected chi connectivity index (χ2v) is 4.10. The number of nitrogens with zero attached hydrogens (tertiary/aromatic N) is 3. The maximum atomic E-state index is 11.7. The van der Waals surface area contributed by atoms with Crippen LogP contribution in [0.1, 0.15) is 17.5 Å². The molecule has 1 rings (SSSR count). The second kappa shape index (κ2) is 7.03. The molecule has 1 amide bonds. The summed E-state index contributed by atoms with van der Waals surface area (Å²) in [5, 5.41) is 17.3. The summed E-state index contributed by atoms with van der Waals surface area (Å²) in [6.07, 6.45) is 0.297. The van der Waals surface area contributed by atoms with E-state index in [1.54, 1.807) is 25.2 Å². The van der Waals surface area contributed by atoms with Gasteiger partial charge < -0.3 is 9.64 Å². The molecule has 5 nitrogen and oxygen atoms in total. The van der Waals surface area contributed by atoms with Crippen LogP contribution in [0.2, 0.25) is 0 Å². The van der Waals surface area contributed by atoms with Crippen LogP contribution in [0, 0.1) is 29.6 Å². The number of benzene rings is 1. The predicted octanol–water partition coefficient (Wildman–Crippen LogP) is 1.62. The number of ether oxygens (including phenoxy) is 1. The normalized spacial score (nSPS) is 9.26. The third-order valence-corrected chi connectivity index (χ3v) is 2.65. The molecule has 0 fully saturated rings. The first kappa shape index (κ1) is 14.5. The molecule has 0 radical (unpaired) electrons. The number of hydrogen-bond acceptors (Lipinski definition) is 4. The summed E-state index contributed by atoms with van der Waals surface area (Å²) in [6.45, 7) is 2.13. The maximum Gasteiger partial charge on any atom is 0.260 e. The maximum absolute atomic E-state index is 11.7. The van der Waals surface area contributed by atoms with E-state index in [1.165, 1.54) is 4.90 Å². The first-order valence-corrected chi connectivity index (χ1v) is 5.83. The van der Waals surface area contributed by atoms with E-state index in [9.17, 15) is 4.79 Å². The number of rotatable bonds is 5. The van der Waals surface area contributed by atoms with Crippen LogP contribution in [0.4, 0.5) is 0 Å². The van der Waals surface area contributed by atoms with Gasteiger partial charge in [0.05, 0.1) is 24.1 Å². The average Bonchev–Trinajstić information content (AvgIpc) is 2.43. The number of amides is 1. The minimum atomic E-state index is -0.197. The number of carbonyl (C=O) groups excluding carboxylic acids is 1. The van der Waals surface area contributed by atoms with Gasteiger partial charge in [-0.05, 0) is 24.6 Å². The SMILES string of the molecule is Cc1ccc(C#N)cc1OCC(=O)N(C)CCC#N. The Morgan fingerprint density at radius 1 is 1.42 bits per heavy atom. The molecule has 1 aromatic rings. The van der Waals surface area contributed by atoms with Crippen molar-refractivity contribution in [2.75, 3.05) is 20.2 Å². The monoisotopic (exact) mass is 257 g/mol. The highest BCUT2D eigenvalue weighted by Crippen LogP contribution is 2.19. The lowest BCUT2D eigenvalue weighted by molar-refractivity contribution is -0.131. The van der Waals surface area contributed by atoms with Gasteiger partial charge in [-0.25, -0.2) is 0 Å². The van der Waals surface area contributed by atoms with Gasteiger partial charge in [-0.2, -0.15) is 10.5 Å². The highest BCUT2D eigenvalue weighted by atomic mass is 16.5. The molecule has 0 heterocycles. The molecule has 0 aliphatic carbocycles. The third-order valence-electron chi connectivity index (χ3n) is 2.65. The van der Waals surface area contributed by atoms with E-state index in [-0.39, 0.29) is 12.5 Å². The summed E-state index contributed by atoms with van der Waals surface area (Å²) in [5.74, 6) is 0.332. The molecule has 0 N–H and O–H groups in total. The van der Waals surface area contributed by atoms with Crippen LogP contribution < -0.4 is 4.74 Å². The van der Waals surface area contributed by atoms with E-state index in [2.05, 4.69) is 0 Å². The van der Waals surface area contributed by atoms with E-state index in [0.717, 1.165) is 5.56 Å². The highest BCUT2D eigenvalue weighted by Gasteiger charge is 2.10. The van der Waals surface area contributed by atoms with Crippen molar-refractivity contribution in [2.45, 2.75) is 13.3 Å². The van der Waals surface area contributed by atoms with E-state index in [4.69, 9.17) is 15.3 Å². The fourth-order valence-electron chi connectivity index (χ4n) is 1.42. The molecule has 1 aromatic carbocycles. The summed E-state index contributed by atoms with van der Waals surface area (Å²) >= 11 is 0. The number of aryl methyl sites for hydroxylation is 1. The van der Waals surface area contributed by atoms with Crippen molar-refractivity contribution in [3.63, 3.8) is 0 Å². The van der Waals surface area contributed by atoms with Gasteiger partial charge in [0, 0.05) is 13.6 Å². The zero-order valence-electron chi connectivity index (χ0n) is 11.0. The smallest absolute Gasteiger partial charge is 0.260 e. The summed E-state index contributed by atoms with van der Waals surface area (Å²) < 4.78 is 5.42. The quantitative estimate of drug-likeness (QED) is 0.803. The molecule has 0 atom stereocenters. The standard InChI is InChI=1S/C14H15N3O2/c1-11-4-5-12(9-16)8-13(11)19-10-14(18)17(2)7-3-6-15/h4-5,8H,3,7,10H2,1-2H3. The highest BCUT2D eigenvalue weighted by molar-refractivity contribution is 5.77. The fourth-order valence-corrected chi connectivity index (χ4v) is 1.42. The summed E-state index contributed by atoms with van der Waals surface area (Å²) in [7, 11) is 1.63. The number of nitriles is 2. The minimum absolute atomic E-state index is 0.0996. The molecule has 0 saturated carbocycles. The zero-order chi connectivity index (χ0) is 14.3. The largest absolute Gasteiger partial charge is 0.483 e. The van der Waals surface area contributed by atoms with Gasteiger partial charge in [-0.15, -0.1) is 0 Å². The summed E-state index contributed by atoms with van der Waals surface area (Å²) in [6, 6.07) is 9.08. The van der Waals surface area contributed by atoms with Crippen LogP contribution in [0.25, 0.3) is 0 Å². The van der Waals surface area contributed by atoms with E-state index < -0.39 is 0 Å². The van der Waals surface area contributed by atoms with Crippen molar-refractivity contribution in [1.82, 2.24) is 4.90 Å². The average molecular weight is 257 g/mol. The van der Waals surface area contributed by atoms with Gasteiger partial charge >= 0.3 is 0 Å². The molecule has 0 aliphatic heterocycles. The molecule has 19 heavy (non-hydrogen) atoms. The first-order chi connectivity index (χ1) is 9.08. The molecule has 0 saturated heterocycles. The van der Waals surface area contributed by atoms with Crippen molar-refractivity contribution in [1.29, 1.82) is 10.5 Å². The van der Waals surface area contributed by atoms with E-state index in [1.807, 2.05) is 19.1 Å². The molecular formula is C14H15N3O2. The van der Waals surface area contributed by atoms with Crippen molar-refractivity contribution in [3.8, 4) is 17.9 Å². The molecular weight excluding hydrogens is 242 g/mol. The van der Waals surface area contributed by atoms with Gasteiger partial charge in [0.25, 0.3) is 5.91 Å². The molecule has 0 spiro atoms. The van der Waals surface area contributed by atoms with Crippen molar-refractivity contribution >= 4 is 5.91 Å². The topological polar surface area (TPSA) is 77.1 Å². The van der Waals surface area contributed by atoms with Gasteiger partial charge in [-0.3, -0.25) is 4.79 Å². The molecule has 0 unspecified atom stereocenters. The number of hydrogen-bond donors (Lipinski definition) is 0. The lowest BCUT2D eigenvalue weighted by Crippen LogP contribution is -2.32. The molecule has 98 valence electrons. The number of likely N-dealkylation sites (N-methyl/N-ethyl adjacent to an activating group) is 1. The van der Waals surface area contributed by atoms with Crippen LogP contribution in [-0.4, -0.2) is 31.0 Å². The van der Waals surface area contributed by atoms with Gasteiger partial charge in [0.1, 0.15) is 5.75 Å². The first-order valence-electron chi connectivity index (χ1n) is 5.83. The van der Waals surface area contributed by atoms with Crippen LogP contribution >= 0.6 is 0 Å². The Bertz CT molecular complexity index is 541. The van der Waals surface area contributed by atoms with Crippen LogP contribution in [0.5, 0.6) is 5.75 Å². The van der Waals surface area contributed by atoms with Crippen molar-refractivity contribution < 1.29 is 9.53 Å². The summed E-state index contributed by atoms with van der Waals surface area (Å²) in [4.78, 5) is 13.2. The number of carbonyl (C=O) groups is 1. The van der Waals surface area contributed by atoms with Gasteiger partial charge in [0.15, 0.2) is 6.61 Å². The van der Waals surface area contributed by atoms with Crippen molar-refractivity contribution in [2.24, 2.45) is 0 Å². The lowest BCUT2D eigenvalue weighted by Gasteiger charge is -2.16. The molecule has 0 aliphatic rings. The molecule has 5 heteroatoms. The Labute approximate surface area is 112 Å². The molecule has 0 aromatic heterocycles. The second-order valence-electron chi connectivity index (χ2n) is 4.10. The minimum Gasteiger partial charge on any atom is -0.483 e. The van der Waals surface area contributed by atoms with Crippen LogP contribution in [0.3, 0.4) is 0 Å². The van der Waals surface area contributed by atoms with Crippen LogP contribution in [0.15, 0.2) is 18.2 Å². The lowest BCUT2D eigenvalue weighted by atomic mass is 10.1. The Morgan fingerprint density at radius 2 is 2.16 bits per heavy atom. The Hall–Kier alpha value is -2.53. The Balaban J connectivity index is 2.60.